The van der Waals surface area contributed by atoms with Gasteiger partial charge in [0.1, 0.15) is 0 Å². The highest BCUT2D eigenvalue weighted by Gasteiger charge is 2.01. The Labute approximate surface area is 118 Å². The molecule has 2 nitrogen and oxygen atoms in total. The molecular weight excluding hydrogens is 236 g/mol. The lowest BCUT2D eigenvalue weighted by atomic mass is 9.97. The Bertz CT molecular complexity index is 300. The Morgan fingerprint density at radius 3 is 2.47 bits per heavy atom. The van der Waals surface area contributed by atoms with Gasteiger partial charge in [-0.2, -0.15) is 0 Å². The van der Waals surface area contributed by atoms with Crippen LogP contribution < -0.4 is 0 Å². The second kappa shape index (κ2) is 10.8. The summed E-state index contributed by atoms with van der Waals surface area (Å²) in [6.07, 6.45) is 10.7. The first kappa shape index (κ1) is 17.9. The topological polar surface area (TPSA) is 26.3 Å². The van der Waals surface area contributed by atoms with E-state index < -0.39 is 0 Å². The van der Waals surface area contributed by atoms with E-state index in [-0.39, 0.29) is 5.97 Å². The summed E-state index contributed by atoms with van der Waals surface area (Å²) in [7, 11) is 0. The molecule has 0 radical (unpaired) electrons. The number of carbonyl (C=O) groups excluding carboxylic acids is 1. The lowest BCUT2D eigenvalue weighted by Gasteiger charge is -2.09. The predicted octanol–water partition coefficient (Wildman–Crippen LogP) is 4.90. The Balaban J connectivity index is 3.90. The maximum Gasteiger partial charge on any atom is 0.330 e. The van der Waals surface area contributed by atoms with Crippen LogP contribution in [0, 0.1) is 11.8 Å². The van der Waals surface area contributed by atoms with E-state index in [1.807, 2.05) is 19.9 Å². The van der Waals surface area contributed by atoms with Crippen molar-refractivity contribution in [1.29, 1.82) is 0 Å². The molecule has 0 saturated carbocycles. The molecule has 0 N–H and O–H groups in total. The van der Waals surface area contributed by atoms with Crippen LogP contribution in [0.1, 0.15) is 60.3 Å². The molecule has 0 fully saturated rings. The van der Waals surface area contributed by atoms with Gasteiger partial charge >= 0.3 is 5.97 Å². The molecule has 0 amide bonds. The molecule has 2 heteroatoms. The van der Waals surface area contributed by atoms with E-state index >= 15 is 0 Å². The van der Waals surface area contributed by atoms with Crippen molar-refractivity contribution >= 4 is 5.97 Å². The van der Waals surface area contributed by atoms with Crippen molar-refractivity contribution in [3.8, 4) is 0 Å². The van der Waals surface area contributed by atoms with Crippen LogP contribution in [-0.2, 0) is 9.53 Å². The van der Waals surface area contributed by atoms with E-state index in [2.05, 4.69) is 26.8 Å². The van der Waals surface area contributed by atoms with Crippen molar-refractivity contribution in [1.82, 2.24) is 0 Å². The highest BCUT2D eigenvalue weighted by molar-refractivity contribution is 5.83. The minimum Gasteiger partial charge on any atom is -0.463 e. The Morgan fingerprint density at radius 1 is 1.21 bits per heavy atom. The van der Waals surface area contributed by atoms with Gasteiger partial charge in [-0.15, -0.1) is 0 Å². The van der Waals surface area contributed by atoms with Crippen LogP contribution in [0.25, 0.3) is 0 Å². The number of hydrogen-bond acceptors (Lipinski definition) is 2. The number of carbonyl (C=O) groups is 1. The number of esters is 1. The molecule has 0 aliphatic carbocycles. The molecule has 0 aromatic heterocycles. The molecule has 0 aliphatic heterocycles. The van der Waals surface area contributed by atoms with E-state index in [1.165, 1.54) is 19.3 Å². The Hall–Kier alpha value is -1.05. The van der Waals surface area contributed by atoms with E-state index in [9.17, 15) is 4.79 Å². The highest BCUT2D eigenvalue weighted by atomic mass is 16.5. The molecule has 1 atom stereocenters. The molecule has 0 bridgehead atoms. The first-order valence-corrected chi connectivity index (χ1v) is 7.47. The average Bonchev–Trinajstić information content (AvgIpc) is 2.28. The molecular formula is C17H30O2. The van der Waals surface area contributed by atoms with Crippen LogP contribution >= 0.6 is 0 Å². The number of ether oxygens (including phenoxy) is 1. The van der Waals surface area contributed by atoms with Gasteiger partial charge < -0.3 is 4.74 Å². The fourth-order valence-electron chi connectivity index (χ4n) is 1.90. The van der Waals surface area contributed by atoms with Gasteiger partial charge in [-0.25, -0.2) is 4.79 Å². The van der Waals surface area contributed by atoms with Crippen molar-refractivity contribution in [2.24, 2.45) is 11.8 Å². The summed E-state index contributed by atoms with van der Waals surface area (Å²) in [6, 6.07) is 0. The van der Waals surface area contributed by atoms with E-state index in [4.69, 9.17) is 4.74 Å². The van der Waals surface area contributed by atoms with Crippen LogP contribution in [0.2, 0.25) is 0 Å². The first-order valence-electron chi connectivity index (χ1n) is 7.47. The molecule has 19 heavy (non-hydrogen) atoms. The maximum absolute atomic E-state index is 11.2. The van der Waals surface area contributed by atoms with Gasteiger partial charge in [0.2, 0.25) is 0 Å². The molecule has 110 valence electrons. The second-order valence-corrected chi connectivity index (χ2v) is 5.71. The number of allylic oxidation sites excluding steroid dienone is 3. The fourth-order valence-corrected chi connectivity index (χ4v) is 1.90. The quantitative estimate of drug-likeness (QED) is 0.337. The summed E-state index contributed by atoms with van der Waals surface area (Å²) in [5, 5.41) is 0. The van der Waals surface area contributed by atoms with Gasteiger partial charge in [0.15, 0.2) is 0 Å². The second-order valence-electron chi connectivity index (χ2n) is 5.71. The molecule has 0 aromatic rings. The smallest absolute Gasteiger partial charge is 0.330 e. The van der Waals surface area contributed by atoms with E-state index in [0.717, 1.165) is 17.9 Å². The van der Waals surface area contributed by atoms with Crippen molar-refractivity contribution in [2.75, 3.05) is 6.61 Å². The zero-order valence-corrected chi connectivity index (χ0v) is 13.2. The van der Waals surface area contributed by atoms with Crippen LogP contribution in [0.4, 0.5) is 0 Å². The van der Waals surface area contributed by atoms with Gasteiger partial charge in [-0.3, -0.25) is 0 Å². The number of hydrogen-bond donors (Lipinski definition) is 0. The Morgan fingerprint density at radius 2 is 1.89 bits per heavy atom. The maximum atomic E-state index is 11.2. The van der Waals surface area contributed by atoms with Crippen LogP contribution in [0.15, 0.2) is 23.8 Å². The molecule has 0 aromatic carbocycles. The average molecular weight is 266 g/mol. The summed E-state index contributed by atoms with van der Waals surface area (Å²) in [5.41, 5.74) is 0.952. The molecule has 0 heterocycles. The highest BCUT2D eigenvalue weighted by Crippen LogP contribution is 2.15. The fraction of sp³-hybridized carbons (Fsp3) is 0.706. The zero-order chi connectivity index (χ0) is 14.7. The third-order valence-corrected chi connectivity index (χ3v) is 3.03. The summed E-state index contributed by atoms with van der Waals surface area (Å²) in [6.45, 7) is 11.0. The third-order valence-electron chi connectivity index (χ3n) is 3.03. The molecule has 0 aliphatic rings. The normalized spacial score (nSPS) is 14.1. The molecule has 0 spiro atoms. The van der Waals surface area contributed by atoms with Gasteiger partial charge in [0.25, 0.3) is 0 Å². The monoisotopic (exact) mass is 266 g/mol. The standard InChI is InChI=1S/C17H30O2/c1-6-19-17(18)13-16(5)12-8-11-15(4)10-7-9-14(2)3/h8,12-15H,6-7,9-11H2,1-5H3/b12-8+,16-13+. The van der Waals surface area contributed by atoms with Crippen molar-refractivity contribution < 1.29 is 9.53 Å². The summed E-state index contributed by atoms with van der Waals surface area (Å²) < 4.78 is 4.87. The van der Waals surface area contributed by atoms with Gasteiger partial charge in [-0.05, 0) is 37.7 Å². The van der Waals surface area contributed by atoms with Crippen LogP contribution in [-0.4, -0.2) is 12.6 Å². The predicted molar refractivity (Wildman–Crippen MR) is 82.0 cm³/mol. The minimum atomic E-state index is -0.255. The van der Waals surface area contributed by atoms with E-state index in [1.54, 1.807) is 6.08 Å². The first-order chi connectivity index (χ1) is 8.95. The largest absolute Gasteiger partial charge is 0.463 e. The molecule has 0 saturated heterocycles. The van der Waals surface area contributed by atoms with Crippen LogP contribution in [0.5, 0.6) is 0 Å². The van der Waals surface area contributed by atoms with E-state index in [0.29, 0.717) is 12.5 Å². The van der Waals surface area contributed by atoms with Gasteiger partial charge in [0.05, 0.1) is 6.61 Å². The SMILES string of the molecule is CCOC(=O)/C=C(C)/C=C/CC(C)CCCC(C)C. The summed E-state index contributed by atoms with van der Waals surface area (Å²) in [4.78, 5) is 11.2. The Kier molecular flexibility index (Phi) is 10.2. The summed E-state index contributed by atoms with van der Waals surface area (Å²) in [5.74, 6) is 1.26. The molecule has 0 rings (SSSR count). The lowest BCUT2D eigenvalue weighted by molar-refractivity contribution is -0.137. The van der Waals surface area contributed by atoms with Crippen molar-refractivity contribution in [3.05, 3.63) is 23.8 Å². The zero-order valence-electron chi connectivity index (χ0n) is 13.2. The third kappa shape index (κ3) is 11.8. The molecule has 1 unspecified atom stereocenters. The lowest BCUT2D eigenvalue weighted by Crippen LogP contribution is -1.99. The van der Waals surface area contributed by atoms with Crippen LogP contribution in [0.3, 0.4) is 0 Å². The van der Waals surface area contributed by atoms with Crippen molar-refractivity contribution in [3.63, 3.8) is 0 Å². The minimum absolute atomic E-state index is 0.255. The van der Waals surface area contributed by atoms with Gasteiger partial charge in [-0.1, -0.05) is 52.2 Å². The summed E-state index contributed by atoms with van der Waals surface area (Å²) >= 11 is 0. The number of rotatable bonds is 9. The van der Waals surface area contributed by atoms with Gasteiger partial charge in [0, 0.05) is 6.08 Å². The van der Waals surface area contributed by atoms with Crippen molar-refractivity contribution in [2.45, 2.75) is 60.3 Å².